The molecule has 1 saturated heterocycles. The molecule has 1 fully saturated rings. The molecule has 1 aliphatic rings. The summed E-state index contributed by atoms with van der Waals surface area (Å²) < 4.78 is 16.7. The van der Waals surface area contributed by atoms with Gasteiger partial charge in [-0.3, -0.25) is 5.32 Å². The van der Waals surface area contributed by atoms with Crippen molar-refractivity contribution < 1.29 is 9.13 Å². The van der Waals surface area contributed by atoms with Crippen molar-refractivity contribution in [2.45, 2.75) is 6.30 Å². The van der Waals surface area contributed by atoms with Crippen LogP contribution in [0.25, 0.3) is 0 Å². The predicted molar refractivity (Wildman–Crippen MR) is 23.7 cm³/mol. The minimum absolute atomic E-state index is 0.208. The van der Waals surface area contributed by atoms with E-state index in [0.29, 0.717) is 13.2 Å². The largest absolute Gasteiger partial charge is 0.376 e. The van der Waals surface area contributed by atoms with Crippen LogP contribution in [-0.4, -0.2) is 26.1 Å². The first kappa shape index (κ1) is 5.00. The monoisotopic (exact) mass is 105 g/mol. The summed E-state index contributed by atoms with van der Waals surface area (Å²) in [5.74, 6) is 0. The number of rotatable bonds is 0. The lowest BCUT2D eigenvalue weighted by Gasteiger charge is -2.15. The van der Waals surface area contributed by atoms with Crippen molar-refractivity contribution in [3.05, 3.63) is 0 Å². The molecule has 0 amide bonds. The van der Waals surface area contributed by atoms with Crippen LogP contribution in [0.1, 0.15) is 0 Å². The lowest BCUT2D eigenvalue weighted by atomic mass is 10.5. The van der Waals surface area contributed by atoms with Crippen molar-refractivity contribution in [3.8, 4) is 0 Å². The third-order valence-corrected chi connectivity index (χ3v) is 0.876. The minimum atomic E-state index is -0.936. The standard InChI is InChI=1S/C4H8FNO/c5-4-3-7-2-1-6-4/h4,6H,1-3H2/t4-/m1/s1. The molecule has 0 radical (unpaired) electrons. The highest BCUT2D eigenvalue weighted by molar-refractivity contribution is 4.56. The first-order valence-electron chi connectivity index (χ1n) is 2.35. The summed E-state index contributed by atoms with van der Waals surface area (Å²) in [5, 5.41) is 2.59. The number of ether oxygens (including phenoxy) is 1. The highest BCUT2D eigenvalue weighted by Crippen LogP contribution is 1.91. The summed E-state index contributed by atoms with van der Waals surface area (Å²) in [4.78, 5) is 0. The Morgan fingerprint density at radius 3 is 2.86 bits per heavy atom. The number of halogens is 1. The Morgan fingerprint density at radius 2 is 2.57 bits per heavy atom. The van der Waals surface area contributed by atoms with Gasteiger partial charge in [0.05, 0.1) is 13.2 Å². The molecular weight excluding hydrogens is 97.0 g/mol. The van der Waals surface area contributed by atoms with Crippen molar-refractivity contribution in [1.82, 2.24) is 5.32 Å². The first-order valence-corrected chi connectivity index (χ1v) is 2.35. The molecule has 1 atom stereocenters. The average molecular weight is 105 g/mol. The summed E-state index contributed by atoms with van der Waals surface area (Å²) in [6.07, 6.45) is -0.936. The molecule has 1 N–H and O–H groups in total. The van der Waals surface area contributed by atoms with Gasteiger partial charge in [-0.1, -0.05) is 0 Å². The smallest absolute Gasteiger partial charge is 0.174 e. The molecule has 0 aromatic rings. The fourth-order valence-electron chi connectivity index (χ4n) is 0.533. The van der Waals surface area contributed by atoms with E-state index >= 15 is 0 Å². The van der Waals surface area contributed by atoms with Crippen molar-refractivity contribution in [1.29, 1.82) is 0 Å². The Bertz CT molecular complexity index is 53.7. The molecular formula is C4H8FNO. The van der Waals surface area contributed by atoms with E-state index in [4.69, 9.17) is 4.74 Å². The average Bonchev–Trinajstić information content (AvgIpc) is 1.69. The number of hydrogen-bond donors (Lipinski definition) is 1. The highest BCUT2D eigenvalue weighted by atomic mass is 19.1. The topological polar surface area (TPSA) is 21.3 Å². The SMILES string of the molecule is F[C@H]1COCCN1. The number of hydrogen-bond acceptors (Lipinski definition) is 2. The van der Waals surface area contributed by atoms with Gasteiger partial charge >= 0.3 is 0 Å². The summed E-state index contributed by atoms with van der Waals surface area (Å²) in [6, 6.07) is 0. The van der Waals surface area contributed by atoms with E-state index in [1.807, 2.05) is 0 Å². The third-order valence-electron chi connectivity index (χ3n) is 0.876. The molecule has 2 nitrogen and oxygen atoms in total. The number of alkyl halides is 1. The van der Waals surface area contributed by atoms with E-state index in [2.05, 4.69) is 5.32 Å². The summed E-state index contributed by atoms with van der Waals surface area (Å²) >= 11 is 0. The Kier molecular flexibility index (Phi) is 1.59. The second kappa shape index (κ2) is 2.23. The molecule has 0 aliphatic carbocycles. The van der Waals surface area contributed by atoms with Crippen molar-refractivity contribution in [2.75, 3.05) is 19.8 Å². The molecule has 1 rings (SSSR count). The second-order valence-corrected chi connectivity index (χ2v) is 1.50. The van der Waals surface area contributed by atoms with Crippen LogP contribution in [0.3, 0.4) is 0 Å². The molecule has 42 valence electrons. The van der Waals surface area contributed by atoms with Crippen LogP contribution in [0.15, 0.2) is 0 Å². The summed E-state index contributed by atoms with van der Waals surface area (Å²) in [6.45, 7) is 1.49. The zero-order valence-corrected chi connectivity index (χ0v) is 3.98. The normalized spacial score (nSPS) is 33.0. The Hall–Kier alpha value is -0.150. The molecule has 0 aromatic carbocycles. The van der Waals surface area contributed by atoms with Crippen molar-refractivity contribution in [3.63, 3.8) is 0 Å². The van der Waals surface area contributed by atoms with Crippen LogP contribution in [0.2, 0.25) is 0 Å². The van der Waals surface area contributed by atoms with Gasteiger partial charge in [-0.2, -0.15) is 0 Å². The first-order chi connectivity index (χ1) is 3.39. The van der Waals surface area contributed by atoms with Crippen molar-refractivity contribution >= 4 is 0 Å². The molecule has 0 aromatic heterocycles. The fraction of sp³-hybridized carbons (Fsp3) is 1.00. The third kappa shape index (κ3) is 1.41. The molecule has 1 heterocycles. The molecule has 0 spiro atoms. The molecule has 1 aliphatic heterocycles. The van der Waals surface area contributed by atoms with Gasteiger partial charge in [0, 0.05) is 6.54 Å². The quantitative estimate of drug-likeness (QED) is 0.434. The van der Waals surface area contributed by atoms with Crippen molar-refractivity contribution in [2.24, 2.45) is 0 Å². The Morgan fingerprint density at radius 1 is 1.71 bits per heavy atom. The predicted octanol–water partition coefficient (Wildman–Crippen LogP) is -0.0982. The highest BCUT2D eigenvalue weighted by Gasteiger charge is 2.08. The maximum atomic E-state index is 11.9. The number of nitrogens with one attached hydrogen (secondary N) is 1. The Labute approximate surface area is 41.7 Å². The summed E-state index contributed by atoms with van der Waals surface area (Å²) in [7, 11) is 0. The van der Waals surface area contributed by atoms with Gasteiger partial charge in [0.15, 0.2) is 6.30 Å². The number of morpholine rings is 1. The fourth-order valence-corrected chi connectivity index (χ4v) is 0.533. The van der Waals surface area contributed by atoms with E-state index in [-0.39, 0.29) is 6.61 Å². The van der Waals surface area contributed by atoms with Gasteiger partial charge < -0.3 is 4.74 Å². The molecule has 0 bridgehead atoms. The van der Waals surface area contributed by atoms with Crippen LogP contribution < -0.4 is 5.32 Å². The summed E-state index contributed by atoms with van der Waals surface area (Å²) in [5.41, 5.74) is 0. The maximum Gasteiger partial charge on any atom is 0.174 e. The van der Waals surface area contributed by atoms with Crippen LogP contribution in [0, 0.1) is 0 Å². The van der Waals surface area contributed by atoms with Crippen LogP contribution >= 0.6 is 0 Å². The lowest BCUT2D eigenvalue weighted by molar-refractivity contribution is 0.0286. The second-order valence-electron chi connectivity index (χ2n) is 1.50. The lowest BCUT2D eigenvalue weighted by Crippen LogP contribution is -2.37. The van der Waals surface area contributed by atoms with Crippen LogP contribution in [0.5, 0.6) is 0 Å². The van der Waals surface area contributed by atoms with Gasteiger partial charge in [0.2, 0.25) is 0 Å². The van der Waals surface area contributed by atoms with Gasteiger partial charge in [-0.15, -0.1) is 0 Å². The Balaban J connectivity index is 2.12. The molecule has 0 unspecified atom stereocenters. The molecule has 7 heavy (non-hydrogen) atoms. The van der Waals surface area contributed by atoms with E-state index in [0.717, 1.165) is 0 Å². The zero-order chi connectivity index (χ0) is 5.11. The van der Waals surface area contributed by atoms with Gasteiger partial charge in [0.25, 0.3) is 0 Å². The van der Waals surface area contributed by atoms with E-state index in [1.54, 1.807) is 0 Å². The zero-order valence-electron chi connectivity index (χ0n) is 3.98. The van der Waals surface area contributed by atoms with E-state index < -0.39 is 6.30 Å². The molecule has 0 saturated carbocycles. The molecule has 3 heteroatoms. The maximum absolute atomic E-state index is 11.9. The van der Waals surface area contributed by atoms with Crippen LogP contribution in [0.4, 0.5) is 4.39 Å². The minimum Gasteiger partial charge on any atom is -0.376 e. The van der Waals surface area contributed by atoms with Gasteiger partial charge in [-0.25, -0.2) is 4.39 Å². The van der Waals surface area contributed by atoms with Gasteiger partial charge in [-0.05, 0) is 0 Å². The van der Waals surface area contributed by atoms with Crippen LogP contribution in [-0.2, 0) is 4.74 Å². The van der Waals surface area contributed by atoms with E-state index in [1.165, 1.54) is 0 Å². The van der Waals surface area contributed by atoms with E-state index in [9.17, 15) is 4.39 Å². The van der Waals surface area contributed by atoms with Gasteiger partial charge in [0.1, 0.15) is 0 Å².